The van der Waals surface area contributed by atoms with Crippen LogP contribution in [-0.2, 0) is 29.8 Å². The van der Waals surface area contributed by atoms with Crippen LogP contribution in [0, 0.1) is 0 Å². The molecule has 1 aliphatic heterocycles. The fourth-order valence-corrected chi connectivity index (χ4v) is 3.32. The number of fused-ring (bicyclic) bond motifs is 1. The predicted octanol–water partition coefficient (Wildman–Crippen LogP) is 3.96. The van der Waals surface area contributed by atoms with Crippen LogP contribution >= 0.6 is 24.0 Å². The van der Waals surface area contributed by atoms with Crippen molar-refractivity contribution < 1.29 is 4.79 Å². The van der Waals surface area contributed by atoms with Crippen molar-refractivity contribution in [3.8, 4) is 0 Å². The Balaban J connectivity index is 0.00000208. The first-order chi connectivity index (χ1) is 11.0. The topological polar surface area (TPSA) is 41.1 Å². The molecule has 0 saturated heterocycles. The van der Waals surface area contributed by atoms with E-state index in [1.807, 2.05) is 38.1 Å². The number of nitrogens with one attached hydrogen (secondary N) is 2. The Labute approximate surface area is 154 Å². The standard InChI is InChI=1S/C19H21ClN2O.ClH/c1-19(2,16-5-3-4-6-17(16)20)18(23)22-10-13-7-8-14-11-21-12-15(14)9-13;/h3-9,21H,10-12H2,1-2H3,(H,22,23);1H. The predicted molar refractivity (Wildman–Crippen MR) is 101 cm³/mol. The summed E-state index contributed by atoms with van der Waals surface area (Å²) in [5.41, 5.74) is 3.96. The largest absolute Gasteiger partial charge is 0.351 e. The summed E-state index contributed by atoms with van der Waals surface area (Å²) in [5.74, 6) is -0.0239. The molecule has 0 spiro atoms. The van der Waals surface area contributed by atoms with Gasteiger partial charge in [-0.3, -0.25) is 4.79 Å². The lowest BCUT2D eigenvalue weighted by Gasteiger charge is -2.25. The first-order valence-electron chi connectivity index (χ1n) is 7.83. The van der Waals surface area contributed by atoms with E-state index >= 15 is 0 Å². The molecule has 5 heteroatoms. The summed E-state index contributed by atoms with van der Waals surface area (Å²) in [7, 11) is 0. The first kappa shape index (κ1) is 18.8. The number of amides is 1. The van der Waals surface area contributed by atoms with E-state index in [4.69, 9.17) is 11.6 Å². The highest BCUT2D eigenvalue weighted by molar-refractivity contribution is 6.31. The second-order valence-electron chi connectivity index (χ2n) is 6.49. The van der Waals surface area contributed by atoms with E-state index in [0.717, 1.165) is 24.2 Å². The van der Waals surface area contributed by atoms with Crippen molar-refractivity contribution in [2.75, 3.05) is 0 Å². The van der Waals surface area contributed by atoms with Gasteiger partial charge in [0.15, 0.2) is 0 Å². The molecule has 1 heterocycles. The Kier molecular flexibility index (Phi) is 5.92. The number of hydrogen-bond donors (Lipinski definition) is 2. The molecule has 2 aromatic rings. The lowest BCUT2D eigenvalue weighted by molar-refractivity contribution is -0.125. The zero-order chi connectivity index (χ0) is 16.4. The fraction of sp³-hybridized carbons (Fsp3) is 0.316. The molecule has 0 aromatic heterocycles. The molecule has 0 saturated carbocycles. The van der Waals surface area contributed by atoms with Gasteiger partial charge in [-0.05, 0) is 42.2 Å². The second-order valence-corrected chi connectivity index (χ2v) is 6.90. The van der Waals surface area contributed by atoms with Gasteiger partial charge in [0.1, 0.15) is 0 Å². The molecule has 1 amide bonds. The van der Waals surface area contributed by atoms with Gasteiger partial charge < -0.3 is 10.6 Å². The minimum absolute atomic E-state index is 0. The molecule has 0 fully saturated rings. The highest BCUT2D eigenvalue weighted by Gasteiger charge is 2.31. The molecule has 2 N–H and O–H groups in total. The van der Waals surface area contributed by atoms with Gasteiger partial charge in [0.25, 0.3) is 0 Å². The molecule has 24 heavy (non-hydrogen) atoms. The SMILES string of the molecule is CC(C)(C(=O)NCc1ccc2c(c1)CNC2)c1ccccc1Cl.Cl. The number of carbonyl (C=O) groups excluding carboxylic acids is 1. The number of rotatable bonds is 4. The summed E-state index contributed by atoms with van der Waals surface area (Å²) < 4.78 is 0. The fourth-order valence-electron chi connectivity index (χ4n) is 2.95. The highest BCUT2D eigenvalue weighted by atomic mass is 35.5. The molecule has 0 radical (unpaired) electrons. The molecule has 0 aliphatic carbocycles. The first-order valence-corrected chi connectivity index (χ1v) is 8.21. The molecule has 0 bridgehead atoms. The summed E-state index contributed by atoms with van der Waals surface area (Å²) in [4.78, 5) is 12.6. The molecule has 0 atom stereocenters. The Hall–Kier alpha value is -1.55. The molecule has 128 valence electrons. The third-order valence-corrected chi connectivity index (χ3v) is 4.80. The van der Waals surface area contributed by atoms with E-state index in [2.05, 4.69) is 28.8 Å². The van der Waals surface area contributed by atoms with Crippen LogP contribution in [0.1, 0.15) is 36.1 Å². The van der Waals surface area contributed by atoms with Crippen molar-refractivity contribution in [1.82, 2.24) is 10.6 Å². The van der Waals surface area contributed by atoms with Crippen molar-refractivity contribution in [1.29, 1.82) is 0 Å². The third-order valence-electron chi connectivity index (χ3n) is 4.47. The van der Waals surface area contributed by atoms with Crippen LogP contribution in [-0.4, -0.2) is 5.91 Å². The van der Waals surface area contributed by atoms with Crippen LogP contribution in [0.5, 0.6) is 0 Å². The maximum atomic E-state index is 12.6. The van der Waals surface area contributed by atoms with Gasteiger partial charge >= 0.3 is 0 Å². The second kappa shape index (κ2) is 7.56. The van der Waals surface area contributed by atoms with Gasteiger partial charge in [0, 0.05) is 24.7 Å². The van der Waals surface area contributed by atoms with Crippen molar-refractivity contribution in [3.63, 3.8) is 0 Å². The van der Waals surface area contributed by atoms with Crippen molar-refractivity contribution in [2.45, 2.75) is 38.9 Å². The average molecular weight is 365 g/mol. The zero-order valence-electron chi connectivity index (χ0n) is 13.9. The maximum Gasteiger partial charge on any atom is 0.230 e. The summed E-state index contributed by atoms with van der Waals surface area (Å²) in [5, 5.41) is 6.99. The lowest BCUT2D eigenvalue weighted by Crippen LogP contribution is -2.39. The molecular weight excluding hydrogens is 343 g/mol. The molecule has 3 rings (SSSR count). The van der Waals surface area contributed by atoms with Crippen LogP contribution in [0.15, 0.2) is 42.5 Å². The Bertz CT molecular complexity index is 744. The quantitative estimate of drug-likeness (QED) is 0.861. The van der Waals surface area contributed by atoms with E-state index in [9.17, 15) is 4.79 Å². The van der Waals surface area contributed by atoms with Crippen LogP contribution < -0.4 is 10.6 Å². The molecule has 1 aliphatic rings. The Morgan fingerprint density at radius 2 is 1.88 bits per heavy atom. The molecular formula is C19H22Cl2N2O. The number of carbonyl (C=O) groups is 1. The van der Waals surface area contributed by atoms with E-state index in [0.29, 0.717) is 11.6 Å². The van der Waals surface area contributed by atoms with Crippen LogP contribution in [0.2, 0.25) is 5.02 Å². The normalized spacial score (nSPS) is 13.1. The maximum absolute atomic E-state index is 12.6. The minimum atomic E-state index is -0.670. The van der Waals surface area contributed by atoms with E-state index in [1.165, 1.54) is 11.1 Å². The number of benzene rings is 2. The van der Waals surface area contributed by atoms with Crippen LogP contribution in [0.4, 0.5) is 0 Å². The van der Waals surface area contributed by atoms with Crippen LogP contribution in [0.3, 0.4) is 0 Å². The van der Waals surface area contributed by atoms with E-state index in [1.54, 1.807) is 0 Å². The smallest absolute Gasteiger partial charge is 0.230 e. The van der Waals surface area contributed by atoms with Gasteiger partial charge in [-0.15, -0.1) is 12.4 Å². The molecule has 3 nitrogen and oxygen atoms in total. The Morgan fingerprint density at radius 3 is 2.62 bits per heavy atom. The Morgan fingerprint density at radius 1 is 1.17 bits per heavy atom. The molecule has 0 unspecified atom stereocenters. The summed E-state index contributed by atoms with van der Waals surface area (Å²) in [6.07, 6.45) is 0. The van der Waals surface area contributed by atoms with Gasteiger partial charge in [-0.1, -0.05) is 48.0 Å². The average Bonchev–Trinajstić information content (AvgIpc) is 3.00. The van der Waals surface area contributed by atoms with Crippen molar-refractivity contribution in [3.05, 3.63) is 69.7 Å². The van der Waals surface area contributed by atoms with Crippen molar-refractivity contribution >= 4 is 29.9 Å². The van der Waals surface area contributed by atoms with Gasteiger partial charge in [0.2, 0.25) is 5.91 Å². The number of hydrogen-bond acceptors (Lipinski definition) is 2. The van der Waals surface area contributed by atoms with Gasteiger partial charge in [-0.25, -0.2) is 0 Å². The minimum Gasteiger partial charge on any atom is -0.351 e. The van der Waals surface area contributed by atoms with Crippen molar-refractivity contribution in [2.24, 2.45) is 0 Å². The third kappa shape index (κ3) is 3.75. The number of halogens is 2. The van der Waals surface area contributed by atoms with E-state index in [-0.39, 0.29) is 18.3 Å². The summed E-state index contributed by atoms with van der Waals surface area (Å²) >= 11 is 6.25. The molecule has 2 aromatic carbocycles. The van der Waals surface area contributed by atoms with Crippen LogP contribution in [0.25, 0.3) is 0 Å². The monoisotopic (exact) mass is 364 g/mol. The summed E-state index contributed by atoms with van der Waals surface area (Å²) in [6, 6.07) is 13.9. The summed E-state index contributed by atoms with van der Waals surface area (Å²) in [6.45, 7) is 6.16. The zero-order valence-corrected chi connectivity index (χ0v) is 15.4. The highest BCUT2D eigenvalue weighted by Crippen LogP contribution is 2.30. The van der Waals surface area contributed by atoms with Gasteiger partial charge in [-0.2, -0.15) is 0 Å². The van der Waals surface area contributed by atoms with E-state index < -0.39 is 5.41 Å². The lowest BCUT2D eigenvalue weighted by atomic mass is 9.83. The van der Waals surface area contributed by atoms with Gasteiger partial charge in [0.05, 0.1) is 5.41 Å².